The average molecular weight is 632 g/mol. The number of carbonyl (C=O) groups excluding carboxylic acids is 3. The van der Waals surface area contributed by atoms with Gasteiger partial charge in [-0.2, -0.15) is 5.10 Å². The predicted molar refractivity (Wildman–Crippen MR) is 162 cm³/mol. The van der Waals surface area contributed by atoms with Crippen LogP contribution in [-0.4, -0.2) is 78.9 Å². The molecule has 3 aromatic rings. The smallest absolute Gasteiger partial charge is 0.271 e. The zero-order valence-electron chi connectivity index (χ0n) is 24.9. The monoisotopic (exact) mass is 631 g/mol. The molecule has 0 unspecified atom stereocenters. The number of aliphatic hydroxyl groups is 2. The number of ether oxygens (including phenoxy) is 2. The molecule has 0 spiro atoms. The van der Waals surface area contributed by atoms with E-state index >= 15 is 0 Å². The van der Waals surface area contributed by atoms with Crippen LogP contribution in [-0.2, 0) is 15.9 Å². The third kappa shape index (κ3) is 5.11. The van der Waals surface area contributed by atoms with E-state index in [9.17, 15) is 39.9 Å². The lowest BCUT2D eigenvalue weighted by Crippen LogP contribution is -2.52. The number of hydrogen-bond acceptors (Lipinski definition) is 12. The maximum atomic E-state index is 13.7. The van der Waals surface area contributed by atoms with E-state index < -0.39 is 82.1 Å². The van der Waals surface area contributed by atoms with Gasteiger partial charge in [0.2, 0.25) is 5.78 Å². The highest BCUT2D eigenvalue weighted by molar-refractivity contribution is 6.31. The number of phenolic OH excluding ortho intramolecular Hbond substituents is 3. The van der Waals surface area contributed by atoms with Crippen molar-refractivity contribution in [3.63, 3.8) is 0 Å². The van der Waals surface area contributed by atoms with Crippen LogP contribution in [0.3, 0.4) is 0 Å². The summed E-state index contributed by atoms with van der Waals surface area (Å²) in [6.07, 6.45) is -4.66. The largest absolute Gasteiger partial charge is 0.507 e. The summed E-state index contributed by atoms with van der Waals surface area (Å²) in [7, 11) is 0. The third-order valence-electron chi connectivity index (χ3n) is 8.97. The molecule has 1 fully saturated rings. The number of amides is 1. The summed E-state index contributed by atoms with van der Waals surface area (Å²) in [5.41, 5.74) is 5.32. The van der Waals surface area contributed by atoms with Crippen molar-refractivity contribution in [2.45, 2.75) is 69.4 Å². The highest BCUT2D eigenvalue weighted by atomic mass is 16.7. The van der Waals surface area contributed by atoms with E-state index in [1.54, 1.807) is 37.3 Å². The minimum absolute atomic E-state index is 0.0235. The fourth-order valence-corrected chi connectivity index (χ4v) is 6.40. The van der Waals surface area contributed by atoms with Gasteiger partial charge in [0.15, 0.2) is 12.1 Å². The highest BCUT2D eigenvalue weighted by Gasteiger charge is 2.49. The van der Waals surface area contributed by atoms with E-state index in [1.165, 1.54) is 25.1 Å². The molecule has 46 heavy (non-hydrogen) atoms. The highest BCUT2D eigenvalue weighted by Crippen LogP contribution is 2.52. The molecule has 3 aliphatic rings. The fourth-order valence-electron chi connectivity index (χ4n) is 6.40. The van der Waals surface area contributed by atoms with Gasteiger partial charge in [0.1, 0.15) is 22.8 Å². The molecule has 13 heteroatoms. The van der Waals surface area contributed by atoms with Crippen LogP contribution in [0.2, 0.25) is 0 Å². The lowest BCUT2D eigenvalue weighted by atomic mass is 9.72. The van der Waals surface area contributed by atoms with Crippen molar-refractivity contribution in [1.82, 2.24) is 5.43 Å². The molecule has 0 saturated carbocycles. The zero-order valence-corrected chi connectivity index (χ0v) is 24.9. The molecule has 1 saturated heterocycles. The molecule has 1 heterocycles. The standard InChI is InChI=1S/C33H33N3O10/c1-14-27(38)19(34)11-22(45-14)46-21-13-33(44,15(2)35-36-32(43)16-7-4-3-5-8-16)12-18-24(21)31(42)26-25(29(18)40)28(39)17-9-6-10-20(37)23(17)30(26)41/h3-10,14,19,21-22,27,37-38,40,42,44H,11-13,34H2,1-2H3,(H,36,43)/b35-15+/t14-,19-,21+,22-,27+,33+/m1/s1. The first-order valence-corrected chi connectivity index (χ1v) is 14.7. The predicted octanol–water partition coefficient (Wildman–Crippen LogP) is 1.94. The maximum absolute atomic E-state index is 13.7. The fraction of sp³-hybridized carbons (Fsp3) is 0.333. The summed E-state index contributed by atoms with van der Waals surface area (Å²) >= 11 is 0. The number of rotatable bonds is 5. The molecule has 6 atom stereocenters. The van der Waals surface area contributed by atoms with E-state index in [2.05, 4.69) is 10.5 Å². The molecule has 0 aromatic heterocycles. The SMILES string of the molecule is C/C(=N\NC(=O)c1ccccc1)[C@]1(O)Cc2c(O)c3c(c(O)c2[C@@H](O[C@@H]2C[C@@H](N)[C@@H](O)[C@@H](C)O2)C1)C(=O)c1c(O)cccc1C3=O. The number of phenols is 3. The number of aromatic hydroxyl groups is 3. The summed E-state index contributed by atoms with van der Waals surface area (Å²) in [6.45, 7) is 3.06. The van der Waals surface area contributed by atoms with Gasteiger partial charge in [-0.25, -0.2) is 5.43 Å². The number of carbonyl (C=O) groups is 3. The van der Waals surface area contributed by atoms with Crippen molar-refractivity contribution in [3.05, 3.63) is 87.5 Å². The van der Waals surface area contributed by atoms with Gasteiger partial charge in [-0.3, -0.25) is 14.4 Å². The Labute approximate surface area is 262 Å². The number of aliphatic hydroxyl groups excluding tert-OH is 1. The Morgan fingerprint density at radius 2 is 1.72 bits per heavy atom. The van der Waals surface area contributed by atoms with Gasteiger partial charge in [-0.15, -0.1) is 0 Å². The van der Waals surface area contributed by atoms with Crippen LogP contribution in [0.4, 0.5) is 0 Å². The van der Waals surface area contributed by atoms with Gasteiger partial charge in [0, 0.05) is 47.6 Å². The van der Waals surface area contributed by atoms with Gasteiger partial charge in [-0.05, 0) is 32.0 Å². The molecule has 240 valence electrons. The van der Waals surface area contributed by atoms with Crippen LogP contribution < -0.4 is 11.2 Å². The van der Waals surface area contributed by atoms with Crippen molar-refractivity contribution < 1.29 is 49.4 Å². The molecule has 0 bridgehead atoms. The Balaban J connectivity index is 1.45. The summed E-state index contributed by atoms with van der Waals surface area (Å²) in [6, 6.07) is 11.5. The summed E-state index contributed by atoms with van der Waals surface area (Å²) in [5, 5.41) is 60.1. The Kier molecular flexibility index (Phi) is 7.90. The van der Waals surface area contributed by atoms with Crippen LogP contribution in [0.5, 0.6) is 17.2 Å². The minimum Gasteiger partial charge on any atom is -0.507 e. The maximum Gasteiger partial charge on any atom is 0.271 e. The third-order valence-corrected chi connectivity index (χ3v) is 8.97. The first kappa shape index (κ1) is 31.3. The van der Waals surface area contributed by atoms with Crippen LogP contribution in [0.1, 0.15) is 86.1 Å². The van der Waals surface area contributed by atoms with Crippen LogP contribution in [0.15, 0.2) is 53.6 Å². The Morgan fingerprint density at radius 1 is 1.02 bits per heavy atom. The van der Waals surface area contributed by atoms with Gasteiger partial charge < -0.3 is 40.7 Å². The van der Waals surface area contributed by atoms with Crippen LogP contribution in [0.25, 0.3) is 0 Å². The number of hydrogen-bond donors (Lipinski definition) is 7. The number of nitrogens with zero attached hydrogens (tertiary/aromatic N) is 1. The number of hydrazone groups is 1. The Morgan fingerprint density at radius 3 is 2.41 bits per heavy atom. The second-order valence-electron chi connectivity index (χ2n) is 11.9. The van der Waals surface area contributed by atoms with Gasteiger partial charge in [0.05, 0.1) is 40.7 Å². The van der Waals surface area contributed by atoms with E-state index in [4.69, 9.17) is 15.2 Å². The molecular formula is C33H33N3O10. The first-order valence-electron chi connectivity index (χ1n) is 14.7. The zero-order chi connectivity index (χ0) is 33.1. The molecule has 1 amide bonds. The Bertz CT molecular complexity index is 1780. The summed E-state index contributed by atoms with van der Waals surface area (Å²) < 4.78 is 12.0. The number of nitrogens with one attached hydrogen (secondary N) is 1. The number of benzene rings is 3. The number of ketones is 2. The van der Waals surface area contributed by atoms with Gasteiger partial charge in [-0.1, -0.05) is 30.3 Å². The quantitative estimate of drug-likeness (QED) is 0.0958. The Hall–Kier alpha value is -4.66. The molecule has 6 rings (SSSR count). The molecule has 0 radical (unpaired) electrons. The molecular weight excluding hydrogens is 598 g/mol. The van der Waals surface area contributed by atoms with Gasteiger partial charge >= 0.3 is 0 Å². The van der Waals surface area contributed by atoms with Crippen molar-refractivity contribution in [2.75, 3.05) is 0 Å². The lowest BCUT2D eigenvalue weighted by Gasteiger charge is -2.42. The van der Waals surface area contributed by atoms with Crippen molar-refractivity contribution in [2.24, 2.45) is 10.8 Å². The van der Waals surface area contributed by atoms with E-state index in [1.807, 2.05) is 0 Å². The average Bonchev–Trinajstić information content (AvgIpc) is 3.02. The van der Waals surface area contributed by atoms with E-state index in [0.717, 1.165) is 0 Å². The van der Waals surface area contributed by atoms with Crippen molar-refractivity contribution in [1.29, 1.82) is 0 Å². The van der Waals surface area contributed by atoms with Gasteiger partial charge in [0.25, 0.3) is 5.91 Å². The normalized spacial score (nSPS) is 27.4. The molecule has 2 aliphatic carbocycles. The lowest BCUT2D eigenvalue weighted by molar-refractivity contribution is -0.245. The summed E-state index contributed by atoms with van der Waals surface area (Å²) in [4.78, 5) is 39.9. The number of nitrogens with two attached hydrogens (primary N) is 1. The van der Waals surface area contributed by atoms with Crippen molar-refractivity contribution in [3.8, 4) is 17.2 Å². The topological polar surface area (TPSA) is 221 Å². The van der Waals surface area contributed by atoms with Crippen LogP contribution >= 0.6 is 0 Å². The molecule has 8 N–H and O–H groups in total. The van der Waals surface area contributed by atoms with Crippen LogP contribution in [0, 0.1) is 0 Å². The number of fused-ring (bicyclic) bond motifs is 3. The van der Waals surface area contributed by atoms with E-state index in [0.29, 0.717) is 5.56 Å². The van der Waals surface area contributed by atoms with E-state index in [-0.39, 0.29) is 47.2 Å². The molecule has 1 aliphatic heterocycles. The second-order valence-corrected chi connectivity index (χ2v) is 11.9. The first-order chi connectivity index (χ1) is 21.8. The molecule has 13 nitrogen and oxygen atoms in total. The second kappa shape index (κ2) is 11.6. The minimum atomic E-state index is -1.90. The summed E-state index contributed by atoms with van der Waals surface area (Å²) in [5.74, 6) is -4.03. The van der Waals surface area contributed by atoms with Crippen molar-refractivity contribution >= 4 is 23.2 Å². The molecule has 3 aromatic carbocycles.